The Bertz CT molecular complexity index is 1330. The van der Waals surface area contributed by atoms with Crippen molar-refractivity contribution in [2.24, 2.45) is 0 Å². The van der Waals surface area contributed by atoms with Gasteiger partial charge < -0.3 is 10.0 Å². The maximum Gasteiger partial charge on any atom is 0.489 e. The number of hydrogen-bond acceptors (Lipinski definition) is 3. The van der Waals surface area contributed by atoms with Gasteiger partial charge in [-0.3, -0.25) is 0 Å². The topological polar surface area (TPSA) is 40.5 Å². The van der Waals surface area contributed by atoms with Crippen LogP contribution < -0.4 is 26.2 Å². The van der Waals surface area contributed by atoms with Crippen LogP contribution in [-0.4, -0.2) is 25.2 Å². The first kappa shape index (κ1) is 23.4. The third-order valence-electron chi connectivity index (χ3n) is 6.56. The second-order valence-corrected chi connectivity index (χ2v) is 12.9. The Morgan fingerprint density at radius 2 is 0.943 bits per heavy atom. The number of benzene rings is 5. The van der Waals surface area contributed by atoms with Gasteiger partial charge in [-0.05, 0) is 43.4 Å². The lowest BCUT2D eigenvalue weighted by Gasteiger charge is -2.34. The predicted molar refractivity (Wildman–Crippen MR) is 153 cm³/mol. The molecule has 0 aliphatic heterocycles. The van der Waals surface area contributed by atoms with Crippen LogP contribution >= 0.6 is 12.6 Å². The minimum atomic E-state index is -2.61. The van der Waals surface area contributed by atoms with Crippen molar-refractivity contribution >= 4 is 54.0 Å². The normalized spacial score (nSPS) is 11.3. The highest BCUT2D eigenvalue weighted by atomic mass is 32.1. The molecule has 0 fully saturated rings. The largest absolute Gasteiger partial charge is 0.489 e. The second-order valence-electron chi connectivity index (χ2n) is 8.58. The average molecular weight is 488 g/mol. The quantitative estimate of drug-likeness (QED) is 0.196. The summed E-state index contributed by atoms with van der Waals surface area (Å²) < 4.78 is 0. The predicted octanol–water partition coefficient (Wildman–Crippen LogP) is 2.70. The summed E-state index contributed by atoms with van der Waals surface area (Å²) in [4.78, 5) is 0.556. The molecule has 0 spiro atoms. The maximum atomic E-state index is 9.61. The number of thiol groups is 1. The molecular weight excluding hydrogens is 463 g/mol. The molecule has 0 amide bonds. The Morgan fingerprint density at radius 3 is 1.40 bits per heavy atom. The van der Waals surface area contributed by atoms with Gasteiger partial charge in [0, 0.05) is 4.90 Å². The third kappa shape index (κ3) is 4.40. The zero-order valence-electron chi connectivity index (χ0n) is 19.1. The van der Waals surface area contributed by atoms with Crippen LogP contribution in [0, 0.1) is 0 Å². The van der Waals surface area contributed by atoms with E-state index < -0.39 is 15.2 Å². The highest BCUT2D eigenvalue weighted by molar-refractivity contribution is 7.80. The highest BCUT2D eigenvalue weighted by Crippen LogP contribution is 2.22. The Hall–Kier alpha value is -3.35. The van der Waals surface area contributed by atoms with Crippen molar-refractivity contribution in [3.8, 4) is 11.1 Å². The molecule has 5 heteroatoms. The Kier molecular flexibility index (Phi) is 6.75. The summed E-state index contributed by atoms with van der Waals surface area (Å²) in [5.41, 5.74) is 2.45. The van der Waals surface area contributed by atoms with Crippen molar-refractivity contribution in [2.75, 3.05) is 0 Å². The fourth-order valence-electron chi connectivity index (χ4n) is 4.94. The van der Waals surface area contributed by atoms with Crippen molar-refractivity contribution in [3.05, 3.63) is 133 Å². The van der Waals surface area contributed by atoms with Crippen LogP contribution in [0.15, 0.2) is 138 Å². The first-order chi connectivity index (χ1) is 17.1. The van der Waals surface area contributed by atoms with Gasteiger partial charge >= 0.3 is 7.12 Å². The molecule has 0 aliphatic carbocycles. The van der Waals surface area contributed by atoms with Crippen molar-refractivity contribution < 1.29 is 10.0 Å². The maximum absolute atomic E-state index is 9.61. The van der Waals surface area contributed by atoms with E-state index in [1.54, 1.807) is 6.07 Å². The summed E-state index contributed by atoms with van der Waals surface area (Å²) in [6.07, 6.45) is 0. The van der Waals surface area contributed by atoms with E-state index in [9.17, 15) is 10.0 Å². The van der Waals surface area contributed by atoms with Crippen LogP contribution in [0.3, 0.4) is 0 Å². The Morgan fingerprint density at radius 1 is 0.486 bits per heavy atom. The van der Waals surface area contributed by atoms with Crippen LogP contribution in [0.5, 0.6) is 0 Å². The summed E-state index contributed by atoms with van der Waals surface area (Å²) in [6.45, 7) is 0. The molecule has 170 valence electrons. The molecule has 5 aromatic rings. The first-order valence-corrected chi connectivity index (χ1v) is 14.0. The van der Waals surface area contributed by atoms with Gasteiger partial charge in [-0.25, -0.2) is 0 Å². The van der Waals surface area contributed by atoms with E-state index in [0.29, 0.717) is 10.4 Å². The van der Waals surface area contributed by atoms with Crippen LogP contribution in [-0.2, 0) is 0 Å². The first-order valence-electron chi connectivity index (χ1n) is 11.6. The van der Waals surface area contributed by atoms with E-state index in [1.165, 1.54) is 20.7 Å². The minimum Gasteiger partial charge on any atom is -0.423 e. The van der Waals surface area contributed by atoms with Crippen LogP contribution in [0.2, 0.25) is 0 Å². The molecule has 0 aromatic heterocycles. The van der Waals surface area contributed by atoms with Crippen LogP contribution in [0.1, 0.15) is 0 Å². The zero-order valence-corrected chi connectivity index (χ0v) is 21.0. The third-order valence-corrected chi connectivity index (χ3v) is 11.7. The van der Waals surface area contributed by atoms with Crippen molar-refractivity contribution in [2.45, 2.75) is 4.90 Å². The van der Waals surface area contributed by atoms with E-state index in [4.69, 9.17) is 0 Å². The van der Waals surface area contributed by atoms with Gasteiger partial charge in [0.05, 0.1) is 0 Å². The van der Waals surface area contributed by atoms with Gasteiger partial charge in [-0.15, -0.1) is 12.6 Å². The van der Waals surface area contributed by atoms with Crippen molar-refractivity contribution in [1.29, 1.82) is 0 Å². The second kappa shape index (κ2) is 10.1. The van der Waals surface area contributed by atoms with E-state index in [1.807, 2.05) is 12.1 Å². The van der Waals surface area contributed by atoms with Gasteiger partial charge in [0.15, 0.2) is 8.07 Å². The SMILES string of the molecule is OB(O)c1ccc(-c2cccc([Si](c3ccccc3)(c3ccccc3)c3ccccc3)c2)cc1S. The van der Waals surface area contributed by atoms with Gasteiger partial charge in [0.2, 0.25) is 0 Å². The van der Waals surface area contributed by atoms with Crippen LogP contribution in [0.4, 0.5) is 0 Å². The molecule has 2 N–H and O–H groups in total. The molecule has 0 radical (unpaired) electrons. The lowest BCUT2D eigenvalue weighted by molar-refractivity contribution is 0.425. The minimum absolute atomic E-state index is 0.398. The zero-order chi connectivity index (χ0) is 24.3. The summed E-state index contributed by atoms with van der Waals surface area (Å²) in [7, 11) is -4.15. The summed E-state index contributed by atoms with van der Waals surface area (Å²) in [5.74, 6) is 0. The molecule has 0 saturated heterocycles. The molecule has 0 atom stereocenters. The molecule has 5 aromatic carbocycles. The molecule has 0 aliphatic rings. The smallest absolute Gasteiger partial charge is 0.423 e. The molecule has 35 heavy (non-hydrogen) atoms. The standard InChI is InChI=1S/C30H25BO2SSi/c32-31(33)29-20-19-24(22-30(29)34)23-11-10-18-28(21-23)35(25-12-4-1-5-13-25,26-14-6-2-7-15-26)27-16-8-3-9-17-27/h1-22,32-34H. The van der Waals surface area contributed by atoms with E-state index in [2.05, 4.69) is 128 Å². The molecule has 5 rings (SSSR count). The molecule has 0 heterocycles. The fraction of sp³-hybridized carbons (Fsp3) is 0. The van der Waals surface area contributed by atoms with Gasteiger partial charge in [0.1, 0.15) is 0 Å². The van der Waals surface area contributed by atoms with Gasteiger partial charge in [0.25, 0.3) is 0 Å². The molecule has 0 saturated carbocycles. The Labute approximate surface area is 213 Å². The number of rotatable bonds is 6. The average Bonchev–Trinajstić information content (AvgIpc) is 2.91. The monoisotopic (exact) mass is 488 g/mol. The van der Waals surface area contributed by atoms with E-state index >= 15 is 0 Å². The molecule has 0 bridgehead atoms. The van der Waals surface area contributed by atoms with Crippen LogP contribution in [0.25, 0.3) is 11.1 Å². The van der Waals surface area contributed by atoms with Crippen molar-refractivity contribution in [3.63, 3.8) is 0 Å². The molecule has 2 nitrogen and oxygen atoms in total. The Balaban J connectivity index is 1.79. The lowest BCUT2D eigenvalue weighted by atomic mass is 9.79. The lowest BCUT2D eigenvalue weighted by Crippen LogP contribution is -2.74. The van der Waals surface area contributed by atoms with E-state index in [0.717, 1.165) is 11.1 Å². The fourth-order valence-corrected chi connectivity index (χ4v) is 10.1. The molecular formula is C30H25BO2SSi. The summed E-state index contributed by atoms with van der Waals surface area (Å²) in [6, 6.07) is 46.8. The van der Waals surface area contributed by atoms with Crippen molar-refractivity contribution in [1.82, 2.24) is 0 Å². The van der Waals surface area contributed by atoms with Gasteiger partial charge in [-0.1, -0.05) is 127 Å². The highest BCUT2D eigenvalue weighted by Gasteiger charge is 2.41. The van der Waals surface area contributed by atoms with Gasteiger partial charge in [-0.2, -0.15) is 0 Å². The number of hydrogen-bond donors (Lipinski definition) is 3. The summed E-state index contributed by atoms with van der Waals surface area (Å²) >= 11 is 4.50. The summed E-state index contributed by atoms with van der Waals surface area (Å²) in [5, 5.41) is 24.5. The molecule has 0 unspecified atom stereocenters. The van der Waals surface area contributed by atoms with E-state index in [-0.39, 0.29) is 0 Å².